The van der Waals surface area contributed by atoms with Crippen LogP contribution in [0.3, 0.4) is 0 Å². The molecule has 0 saturated heterocycles. The van der Waals surface area contributed by atoms with Crippen molar-refractivity contribution in [2.45, 2.75) is 0 Å². The van der Waals surface area contributed by atoms with Gasteiger partial charge in [-0.25, -0.2) is 9.07 Å². The first-order chi connectivity index (χ1) is 7.58. The molecule has 0 fully saturated rings. The molecule has 1 aromatic heterocycles. The van der Waals surface area contributed by atoms with Gasteiger partial charge in [0.15, 0.2) is 0 Å². The standard InChI is InChI=1S/C10H7FIN3S/c11-6-1-2-9(8(3-6)10(13)16)15-5-7(12)4-14-15/h1-5H,(H2,13,16). The second-order valence-corrected chi connectivity index (χ2v) is 4.81. The molecule has 0 radical (unpaired) electrons. The van der Waals surface area contributed by atoms with E-state index >= 15 is 0 Å². The average molecular weight is 347 g/mol. The van der Waals surface area contributed by atoms with E-state index in [4.69, 9.17) is 18.0 Å². The summed E-state index contributed by atoms with van der Waals surface area (Å²) in [5, 5.41) is 4.13. The van der Waals surface area contributed by atoms with Gasteiger partial charge in [0.05, 0.1) is 15.5 Å². The molecule has 0 atom stereocenters. The third-order valence-corrected chi connectivity index (χ3v) is 2.80. The van der Waals surface area contributed by atoms with Crippen LogP contribution < -0.4 is 5.73 Å². The Bertz CT molecular complexity index is 553. The highest BCUT2D eigenvalue weighted by Gasteiger charge is 2.09. The largest absolute Gasteiger partial charge is 0.389 e. The van der Waals surface area contributed by atoms with E-state index in [9.17, 15) is 4.39 Å². The monoisotopic (exact) mass is 347 g/mol. The van der Waals surface area contributed by atoms with Gasteiger partial charge in [-0.1, -0.05) is 12.2 Å². The van der Waals surface area contributed by atoms with Crippen molar-refractivity contribution in [1.29, 1.82) is 0 Å². The molecule has 3 nitrogen and oxygen atoms in total. The summed E-state index contributed by atoms with van der Waals surface area (Å²) in [7, 11) is 0. The molecule has 2 aromatic rings. The molecule has 2 rings (SSSR count). The zero-order valence-corrected chi connectivity index (χ0v) is 11.0. The van der Waals surface area contributed by atoms with Crippen molar-refractivity contribution in [3.63, 3.8) is 0 Å². The molecule has 1 heterocycles. The number of aromatic nitrogens is 2. The molecule has 0 aliphatic rings. The minimum absolute atomic E-state index is 0.153. The zero-order chi connectivity index (χ0) is 11.7. The Morgan fingerprint density at radius 2 is 2.25 bits per heavy atom. The lowest BCUT2D eigenvalue weighted by molar-refractivity contribution is 0.626. The summed E-state index contributed by atoms with van der Waals surface area (Å²) in [6.45, 7) is 0. The fourth-order valence-electron chi connectivity index (χ4n) is 1.34. The van der Waals surface area contributed by atoms with E-state index in [0.29, 0.717) is 11.3 Å². The maximum absolute atomic E-state index is 13.1. The molecular formula is C10H7FIN3S. The van der Waals surface area contributed by atoms with E-state index in [0.717, 1.165) is 3.57 Å². The first-order valence-electron chi connectivity index (χ1n) is 4.38. The molecule has 0 amide bonds. The maximum Gasteiger partial charge on any atom is 0.124 e. The SMILES string of the molecule is NC(=S)c1cc(F)ccc1-n1cc(I)cn1. The molecule has 1 aromatic carbocycles. The predicted molar refractivity (Wildman–Crippen MR) is 72.1 cm³/mol. The molecule has 82 valence electrons. The second-order valence-electron chi connectivity index (χ2n) is 3.13. The third-order valence-electron chi connectivity index (χ3n) is 2.02. The van der Waals surface area contributed by atoms with Gasteiger partial charge in [0.2, 0.25) is 0 Å². The molecule has 6 heteroatoms. The first kappa shape index (κ1) is 11.5. The molecule has 0 aliphatic carbocycles. The lowest BCUT2D eigenvalue weighted by Gasteiger charge is -2.07. The van der Waals surface area contributed by atoms with Gasteiger partial charge in [-0.05, 0) is 40.8 Å². The normalized spacial score (nSPS) is 10.4. The lowest BCUT2D eigenvalue weighted by atomic mass is 10.1. The summed E-state index contributed by atoms with van der Waals surface area (Å²) in [4.78, 5) is 0.153. The minimum atomic E-state index is -0.367. The highest BCUT2D eigenvalue weighted by molar-refractivity contribution is 14.1. The van der Waals surface area contributed by atoms with Crippen molar-refractivity contribution < 1.29 is 4.39 Å². The number of hydrogen-bond acceptors (Lipinski definition) is 2. The number of nitrogens with zero attached hydrogens (tertiary/aromatic N) is 2. The van der Waals surface area contributed by atoms with Crippen molar-refractivity contribution in [2.75, 3.05) is 0 Å². The molecular weight excluding hydrogens is 340 g/mol. The van der Waals surface area contributed by atoms with Crippen LogP contribution in [0.4, 0.5) is 4.39 Å². The Morgan fingerprint density at radius 1 is 1.50 bits per heavy atom. The summed E-state index contributed by atoms with van der Waals surface area (Å²) in [5.41, 5.74) is 6.71. The van der Waals surface area contributed by atoms with E-state index in [1.807, 2.05) is 6.20 Å². The van der Waals surface area contributed by atoms with Gasteiger partial charge in [-0.3, -0.25) is 0 Å². The Hall–Kier alpha value is -1.02. The summed E-state index contributed by atoms with van der Waals surface area (Å²) >= 11 is 7.03. The summed E-state index contributed by atoms with van der Waals surface area (Å²) < 4.78 is 15.7. The average Bonchev–Trinajstić information content (AvgIpc) is 2.64. The Morgan fingerprint density at radius 3 is 2.81 bits per heavy atom. The van der Waals surface area contributed by atoms with Gasteiger partial charge in [0.25, 0.3) is 0 Å². The van der Waals surface area contributed by atoms with Gasteiger partial charge in [-0.2, -0.15) is 5.10 Å². The molecule has 0 aliphatic heterocycles. The van der Waals surface area contributed by atoms with E-state index in [1.54, 1.807) is 16.9 Å². The fraction of sp³-hybridized carbons (Fsp3) is 0. The van der Waals surface area contributed by atoms with Crippen LogP contribution in [0.1, 0.15) is 5.56 Å². The summed E-state index contributed by atoms with van der Waals surface area (Å²) in [5.74, 6) is -0.367. The van der Waals surface area contributed by atoms with Crippen LogP contribution in [-0.2, 0) is 0 Å². The van der Waals surface area contributed by atoms with Gasteiger partial charge in [0, 0.05) is 11.8 Å². The number of halogens is 2. The number of hydrogen-bond donors (Lipinski definition) is 1. The van der Waals surface area contributed by atoms with Crippen molar-refractivity contribution in [2.24, 2.45) is 5.73 Å². The van der Waals surface area contributed by atoms with E-state index in [-0.39, 0.29) is 10.8 Å². The zero-order valence-electron chi connectivity index (χ0n) is 8.02. The molecule has 0 saturated carbocycles. The number of thiocarbonyl (C=S) groups is 1. The Kier molecular flexibility index (Phi) is 3.20. The van der Waals surface area contributed by atoms with Crippen molar-refractivity contribution in [3.05, 3.63) is 45.5 Å². The topological polar surface area (TPSA) is 43.8 Å². The lowest BCUT2D eigenvalue weighted by Crippen LogP contribution is -2.14. The highest BCUT2D eigenvalue weighted by atomic mass is 127. The number of rotatable bonds is 2. The van der Waals surface area contributed by atoms with E-state index in [2.05, 4.69) is 27.7 Å². The number of nitrogens with two attached hydrogens (primary N) is 1. The smallest absolute Gasteiger partial charge is 0.124 e. The summed E-state index contributed by atoms with van der Waals surface area (Å²) in [6.07, 6.45) is 3.52. The molecule has 0 unspecified atom stereocenters. The molecule has 0 spiro atoms. The van der Waals surface area contributed by atoms with Crippen molar-refractivity contribution >= 4 is 39.8 Å². The molecule has 0 bridgehead atoms. The van der Waals surface area contributed by atoms with Crippen molar-refractivity contribution in [1.82, 2.24) is 9.78 Å². The van der Waals surface area contributed by atoms with Crippen LogP contribution in [0.2, 0.25) is 0 Å². The number of benzene rings is 1. The second kappa shape index (κ2) is 4.46. The summed E-state index contributed by atoms with van der Waals surface area (Å²) in [6, 6.07) is 4.27. The minimum Gasteiger partial charge on any atom is -0.389 e. The van der Waals surface area contributed by atoms with Crippen LogP contribution in [0.25, 0.3) is 5.69 Å². The highest BCUT2D eigenvalue weighted by Crippen LogP contribution is 2.16. The fourth-order valence-corrected chi connectivity index (χ4v) is 1.89. The van der Waals surface area contributed by atoms with Crippen LogP contribution >= 0.6 is 34.8 Å². The van der Waals surface area contributed by atoms with Crippen LogP contribution in [0, 0.1) is 9.39 Å². The van der Waals surface area contributed by atoms with Gasteiger partial charge >= 0.3 is 0 Å². The maximum atomic E-state index is 13.1. The van der Waals surface area contributed by atoms with Crippen LogP contribution in [-0.4, -0.2) is 14.8 Å². The molecule has 16 heavy (non-hydrogen) atoms. The van der Waals surface area contributed by atoms with E-state index in [1.165, 1.54) is 12.1 Å². The van der Waals surface area contributed by atoms with Crippen molar-refractivity contribution in [3.8, 4) is 5.69 Å². The Balaban J connectivity index is 2.60. The van der Waals surface area contributed by atoms with Gasteiger partial charge in [0.1, 0.15) is 10.8 Å². The molecule has 2 N–H and O–H groups in total. The Labute approximate surface area is 111 Å². The van der Waals surface area contributed by atoms with Gasteiger partial charge in [-0.15, -0.1) is 0 Å². The van der Waals surface area contributed by atoms with Crippen LogP contribution in [0.5, 0.6) is 0 Å². The quantitative estimate of drug-likeness (QED) is 0.670. The van der Waals surface area contributed by atoms with E-state index < -0.39 is 0 Å². The predicted octanol–water partition coefficient (Wildman–Crippen LogP) is 2.25. The van der Waals surface area contributed by atoms with Crippen LogP contribution in [0.15, 0.2) is 30.6 Å². The third kappa shape index (κ3) is 2.22. The van der Waals surface area contributed by atoms with Gasteiger partial charge < -0.3 is 5.73 Å². The first-order valence-corrected chi connectivity index (χ1v) is 5.86.